The van der Waals surface area contributed by atoms with E-state index in [4.69, 9.17) is 10.7 Å². The van der Waals surface area contributed by atoms with Crippen molar-refractivity contribution in [3.8, 4) is 0 Å². The van der Waals surface area contributed by atoms with E-state index in [0.717, 1.165) is 6.42 Å². The van der Waals surface area contributed by atoms with Gasteiger partial charge in [-0.2, -0.15) is 0 Å². The summed E-state index contributed by atoms with van der Waals surface area (Å²) in [6, 6.07) is 6.11. The van der Waals surface area contributed by atoms with Gasteiger partial charge in [0.15, 0.2) is 0 Å². The molecule has 0 atom stereocenters. The van der Waals surface area contributed by atoms with Crippen LogP contribution in [0.25, 0.3) is 0 Å². The van der Waals surface area contributed by atoms with Gasteiger partial charge in [-0.1, -0.05) is 6.07 Å². The predicted molar refractivity (Wildman–Crippen MR) is 61.1 cm³/mol. The van der Waals surface area contributed by atoms with E-state index in [1.54, 1.807) is 17.0 Å². The van der Waals surface area contributed by atoms with E-state index >= 15 is 0 Å². The van der Waals surface area contributed by atoms with Crippen molar-refractivity contribution in [3.63, 3.8) is 0 Å². The second-order valence-electron chi connectivity index (χ2n) is 3.58. The molecule has 0 aromatic heterocycles. The highest BCUT2D eigenvalue weighted by molar-refractivity contribution is 8.13. The summed E-state index contributed by atoms with van der Waals surface area (Å²) in [5.74, 6) is 0.0177. The zero-order chi connectivity index (χ0) is 11.8. The zero-order valence-corrected chi connectivity index (χ0v) is 9.96. The molecule has 1 aromatic rings. The summed E-state index contributed by atoms with van der Waals surface area (Å²) in [4.78, 5) is 13.1. The lowest BCUT2D eigenvalue weighted by molar-refractivity contribution is -0.117. The van der Waals surface area contributed by atoms with E-state index in [9.17, 15) is 13.2 Å². The molecule has 1 amide bonds. The monoisotopic (exact) mass is 259 g/mol. The molecule has 2 rings (SSSR count). The molecule has 6 heteroatoms. The Labute approximate surface area is 98.2 Å². The molecule has 1 fully saturated rings. The molecule has 1 aromatic carbocycles. The van der Waals surface area contributed by atoms with Crippen LogP contribution in [-0.2, 0) is 13.8 Å². The van der Waals surface area contributed by atoms with Gasteiger partial charge in [0, 0.05) is 29.3 Å². The van der Waals surface area contributed by atoms with Gasteiger partial charge in [0.2, 0.25) is 5.91 Å². The first-order valence-electron chi connectivity index (χ1n) is 4.83. The highest BCUT2D eigenvalue weighted by atomic mass is 35.7. The molecule has 0 N–H and O–H groups in total. The van der Waals surface area contributed by atoms with Crippen LogP contribution in [0.3, 0.4) is 0 Å². The van der Waals surface area contributed by atoms with Gasteiger partial charge in [-0.05, 0) is 24.6 Å². The molecule has 1 aliphatic rings. The summed E-state index contributed by atoms with van der Waals surface area (Å²) in [6.45, 7) is 0.630. The van der Waals surface area contributed by atoms with Gasteiger partial charge in [-0.3, -0.25) is 4.79 Å². The van der Waals surface area contributed by atoms with Crippen LogP contribution in [0.2, 0.25) is 0 Å². The second kappa shape index (κ2) is 4.07. The molecule has 86 valence electrons. The maximum Gasteiger partial charge on any atom is 0.261 e. The Morgan fingerprint density at radius 3 is 2.62 bits per heavy atom. The number of amides is 1. The fraction of sp³-hybridized carbons (Fsp3) is 0.300. The summed E-state index contributed by atoms with van der Waals surface area (Å²) in [7, 11) is 1.50. The number of hydrogen-bond acceptors (Lipinski definition) is 3. The first kappa shape index (κ1) is 11.4. The van der Waals surface area contributed by atoms with Crippen molar-refractivity contribution < 1.29 is 13.2 Å². The van der Waals surface area contributed by atoms with Crippen molar-refractivity contribution in [1.82, 2.24) is 0 Å². The van der Waals surface area contributed by atoms with Gasteiger partial charge in [-0.25, -0.2) is 8.42 Å². The van der Waals surface area contributed by atoms with Crippen molar-refractivity contribution in [2.24, 2.45) is 0 Å². The molecular formula is C10H10ClNO3S. The molecule has 1 heterocycles. The number of hydrogen-bond donors (Lipinski definition) is 0. The Morgan fingerprint density at radius 1 is 1.31 bits per heavy atom. The van der Waals surface area contributed by atoms with Crippen molar-refractivity contribution in [2.45, 2.75) is 17.7 Å². The van der Waals surface area contributed by atoms with E-state index in [0.29, 0.717) is 18.7 Å². The fourth-order valence-corrected chi connectivity index (χ4v) is 2.51. The van der Waals surface area contributed by atoms with Gasteiger partial charge in [0.1, 0.15) is 0 Å². The van der Waals surface area contributed by atoms with Crippen LogP contribution in [0.4, 0.5) is 5.69 Å². The zero-order valence-electron chi connectivity index (χ0n) is 8.39. The molecule has 0 bridgehead atoms. The molecule has 4 nitrogen and oxygen atoms in total. The average molecular weight is 260 g/mol. The minimum atomic E-state index is -3.74. The van der Waals surface area contributed by atoms with Gasteiger partial charge < -0.3 is 4.90 Å². The van der Waals surface area contributed by atoms with E-state index < -0.39 is 9.05 Å². The smallest absolute Gasteiger partial charge is 0.261 e. The Kier molecular flexibility index (Phi) is 2.90. The molecule has 0 unspecified atom stereocenters. The van der Waals surface area contributed by atoms with Crippen molar-refractivity contribution in [3.05, 3.63) is 24.3 Å². The van der Waals surface area contributed by atoms with E-state index in [-0.39, 0.29) is 10.8 Å². The van der Waals surface area contributed by atoms with Gasteiger partial charge in [0.25, 0.3) is 9.05 Å². The number of benzene rings is 1. The van der Waals surface area contributed by atoms with E-state index in [1.807, 2.05) is 0 Å². The first-order chi connectivity index (χ1) is 7.48. The number of carbonyl (C=O) groups excluding carboxylic acids is 1. The fourth-order valence-electron chi connectivity index (χ4n) is 1.72. The molecule has 0 saturated carbocycles. The Morgan fingerprint density at radius 2 is 2.06 bits per heavy atom. The lowest BCUT2D eigenvalue weighted by Crippen LogP contribution is -2.23. The molecule has 1 aliphatic heterocycles. The van der Waals surface area contributed by atoms with Crippen LogP contribution < -0.4 is 4.90 Å². The quantitative estimate of drug-likeness (QED) is 0.761. The van der Waals surface area contributed by atoms with Crippen LogP contribution in [0, 0.1) is 0 Å². The molecule has 0 aliphatic carbocycles. The van der Waals surface area contributed by atoms with Crippen LogP contribution in [0.15, 0.2) is 29.2 Å². The lowest BCUT2D eigenvalue weighted by atomic mass is 10.3. The Balaban J connectivity index is 2.40. The van der Waals surface area contributed by atoms with E-state index in [1.165, 1.54) is 12.1 Å². The van der Waals surface area contributed by atoms with E-state index in [2.05, 4.69) is 0 Å². The molecule has 16 heavy (non-hydrogen) atoms. The van der Waals surface area contributed by atoms with Crippen LogP contribution in [0.5, 0.6) is 0 Å². The third-order valence-electron chi connectivity index (χ3n) is 2.48. The minimum absolute atomic E-state index is 0.0177. The molecular weight excluding hydrogens is 250 g/mol. The number of anilines is 1. The van der Waals surface area contributed by atoms with Crippen LogP contribution >= 0.6 is 10.7 Å². The van der Waals surface area contributed by atoms with Crippen molar-refractivity contribution in [1.29, 1.82) is 0 Å². The third-order valence-corrected chi connectivity index (χ3v) is 3.84. The number of halogens is 1. The third kappa shape index (κ3) is 2.20. The summed E-state index contributed by atoms with van der Waals surface area (Å²) >= 11 is 0. The van der Waals surface area contributed by atoms with Gasteiger partial charge in [-0.15, -0.1) is 0 Å². The van der Waals surface area contributed by atoms with Crippen molar-refractivity contribution in [2.75, 3.05) is 11.4 Å². The Bertz CT molecular complexity index is 527. The number of rotatable bonds is 2. The van der Waals surface area contributed by atoms with Gasteiger partial charge >= 0.3 is 0 Å². The molecule has 0 radical (unpaired) electrons. The van der Waals surface area contributed by atoms with Crippen molar-refractivity contribution >= 4 is 31.3 Å². The first-order valence-corrected chi connectivity index (χ1v) is 7.14. The normalized spacial score (nSPS) is 16.8. The maximum absolute atomic E-state index is 11.5. The summed E-state index contributed by atoms with van der Waals surface area (Å²) in [5.41, 5.74) is 0.587. The second-order valence-corrected chi connectivity index (χ2v) is 6.15. The highest BCUT2D eigenvalue weighted by Crippen LogP contribution is 2.25. The summed E-state index contributed by atoms with van der Waals surface area (Å²) < 4.78 is 22.3. The SMILES string of the molecule is O=C1CCCN1c1cccc(S(=O)(=O)Cl)c1. The topological polar surface area (TPSA) is 54.5 Å². The van der Waals surface area contributed by atoms with Crippen LogP contribution in [0.1, 0.15) is 12.8 Å². The number of carbonyl (C=O) groups is 1. The summed E-state index contributed by atoms with van der Waals surface area (Å²) in [5, 5.41) is 0. The standard InChI is InChI=1S/C10H10ClNO3S/c11-16(14,15)9-4-1-3-8(7-9)12-6-2-5-10(12)13/h1,3-4,7H,2,5-6H2. The average Bonchev–Trinajstić information content (AvgIpc) is 2.63. The molecule has 0 spiro atoms. The summed E-state index contributed by atoms with van der Waals surface area (Å²) in [6.07, 6.45) is 1.31. The Hall–Kier alpha value is -1.07. The minimum Gasteiger partial charge on any atom is -0.312 e. The lowest BCUT2D eigenvalue weighted by Gasteiger charge is -2.15. The number of nitrogens with zero attached hydrogens (tertiary/aromatic N) is 1. The van der Waals surface area contributed by atoms with Gasteiger partial charge in [0.05, 0.1) is 4.90 Å². The highest BCUT2D eigenvalue weighted by Gasteiger charge is 2.22. The molecule has 1 saturated heterocycles. The largest absolute Gasteiger partial charge is 0.312 e. The predicted octanol–water partition coefficient (Wildman–Crippen LogP) is 1.74. The maximum atomic E-state index is 11.5. The van der Waals surface area contributed by atoms with Crippen LogP contribution in [-0.4, -0.2) is 20.9 Å².